The smallest absolute Gasteiger partial charge is 0.0459 e. The highest BCUT2D eigenvalue weighted by Crippen LogP contribution is 2.18. The van der Waals surface area contributed by atoms with E-state index in [1.54, 1.807) is 14.2 Å². The lowest BCUT2D eigenvalue weighted by Crippen LogP contribution is -2.06. The molecule has 0 saturated carbocycles. The second kappa shape index (κ2) is 25.2. The Labute approximate surface area is 153 Å². The number of aliphatic hydroxyl groups excluding tert-OH is 1. The molecule has 0 heterocycles. The molecule has 0 aromatic carbocycles. The summed E-state index contributed by atoms with van der Waals surface area (Å²) >= 11 is 0. The van der Waals surface area contributed by atoms with Crippen molar-refractivity contribution in [3.8, 4) is 0 Å². The van der Waals surface area contributed by atoms with Crippen LogP contribution in [0.1, 0.15) is 117 Å². The van der Waals surface area contributed by atoms with Gasteiger partial charge in [0.2, 0.25) is 0 Å². The third-order valence-corrected chi connectivity index (χ3v) is 4.69. The number of aliphatic hydroxyl groups is 1. The molecule has 24 heavy (non-hydrogen) atoms. The monoisotopic (exact) mass is 344 g/mol. The quantitative estimate of drug-likeness (QED) is 0.284. The summed E-state index contributed by atoms with van der Waals surface area (Å²) in [5, 5.41) is 9.47. The minimum atomic E-state index is 0.408. The maximum atomic E-state index is 9.47. The molecule has 0 fully saturated rings. The van der Waals surface area contributed by atoms with E-state index in [-0.39, 0.29) is 0 Å². The SMILES string of the molecule is CCCCCCCCCCC(CO)CCCCCCCC.COC. The molecule has 0 bridgehead atoms. The first kappa shape index (κ1) is 26.2. The fraction of sp³-hybridized carbons (Fsp3) is 1.00. The van der Waals surface area contributed by atoms with E-state index >= 15 is 0 Å². The Morgan fingerprint density at radius 3 is 1.17 bits per heavy atom. The summed E-state index contributed by atoms with van der Waals surface area (Å²) in [5.74, 6) is 0.580. The van der Waals surface area contributed by atoms with Crippen LogP contribution in [0.4, 0.5) is 0 Å². The molecule has 0 aliphatic heterocycles. The van der Waals surface area contributed by atoms with Gasteiger partial charge in [0.15, 0.2) is 0 Å². The maximum absolute atomic E-state index is 9.47. The van der Waals surface area contributed by atoms with Gasteiger partial charge < -0.3 is 9.84 Å². The molecule has 0 radical (unpaired) electrons. The van der Waals surface area contributed by atoms with Crippen LogP contribution in [0.3, 0.4) is 0 Å². The number of methoxy groups -OCH3 is 1. The van der Waals surface area contributed by atoms with Crippen LogP contribution in [0.2, 0.25) is 0 Å². The minimum Gasteiger partial charge on any atom is -0.396 e. The zero-order valence-corrected chi connectivity index (χ0v) is 17.5. The Kier molecular flexibility index (Phi) is 27.4. The van der Waals surface area contributed by atoms with E-state index in [0.29, 0.717) is 12.5 Å². The Morgan fingerprint density at radius 1 is 0.583 bits per heavy atom. The van der Waals surface area contributed by atoms with Gasteiger partial charge >= 0.3 is 0 Å². The standard InChI is InChI=1S/C20H42O.C2H6O/c1-3-5-7-9-11-12-14-16-18-20(19-21)17-15-13-10-8-6-4-2;1-3-2/h20-21H,3-19H2,1-2H3;1-2H3. The molecule has 0 amide bonds. The van der Waals surface area contributed by atoms with Crippen molar-refractivity contribution in [2.45, 2.75) is 117 Å². The summed E-state index contributed by atoms with van der Waals surface area (Å²) in [4.78, 5) is 0. The van der Waals surface area contributed by atoms with Gasteiger partial charge in [0, 0.05) is 20.8 Å². The van der Waals surface area contributed by atoms with Gasteiger partial charge in [0.1, 0.15) is 0 Å². The van der Waals surface area contributed by atoms with Gasteiger partial charge in [-0.15, -0.1) is 0 Å². The predicted octanol–water partition coefficient (Wildman–Crippen LogP) is 7.14. The maximum Gasteiger partial charge on any atom is 0.0459 e. The van der Waals surface area contributed by atoms with Crippen molar-refractivity contribution >= 4 is 0 Å². The summed E-state index contributed by atoms with van der Waals surface area (Å²) in [5.41, 5.74) is 0. The van der Waals surface area contributed by atoms with E-state index in [2.05, 4.69) is 18.6 Å². The lowest BCUT2D eigenvalue weighted by Gasteiger charge is -2.13. The molecule has 2 nitrogen and oxygen atoms in total. The fourth-order valence-electron chi connectivity index (χ4n) is 3.11. The van der Waals surface area contributed by atoms with Crippen molar-refractivity contribution in [3.05, 3.63) is 0 Å². The topological polar surface area (TPSA) is 29.5 Å². The van der Waals surface area contributed by atoms with E-state index in [1.807, 2.05) is 0 Å². The zero-order chi connectivity index (χ0) is 18.3. The van der Waals surface area contributed by atoms with Crippen LogP contribution in [0.25, 0.3) is 0 Å². The molecule has 0 rings (SSSR count). The molecule has 2 heteroatoms. The predicted molar refractivity (Wildman–Crippen MR) is 109 cm³/mol. The lowest BCUT2D eigenvalue weighted by atomic mass is 9.95. The molecule has 0 spiro atoms. The molecular weight excluding hydrogens is 296 g/mol. The highest BCUT2D eigenvalue weighted by Gasteiger charge is 2.06. The van der Waals surface area contributed by atoms with Crippen LogP contribution in [0.5, 0.6) is 0 Å². The molecule has 1 atom stereocenters. The minimum absolute atomic E-state index is 0.408. The van der Waals surface area contributed by atoms with Gasteiger partial charge in [-0.2, -0.15) is 0 Å². The lowest BCUT2D eigenvalue weighted by molar-refractivity contribution is 0.204. The second-order valence-corrected chi connectivity index (χ2v) is 7.28. The fourth-order valence-corrected chi connectivity index (χ4v) is 3.11. The van der Waals surface area contributed by atoms with Gasteiger partial charge in [-0.1, -0.05) is 104 Å². The number of rotatable bonds is 17. The second-order valence-electron chi connectivity index (χ2n) is 7.28. The summed E-state index contributed by atoms with van der Waals surface area (Å²) in [6.45, 7) is 4.95. The van der Waals surface area contributed by atoms with Gasteiger partial charge in [-0.05, 0) is 18.8 Å². The summed E-state index contributed by atoms with van der Waals surface area (Å²) in [6, 6.07) is 0. The van der Waals surface area contributed by atoms with E-state index in [9.17, 15) is 5.11 Å². The van der Waals surface area contributed by atoms with Crippen molar-refractivity contribution in [3.63, 3.8) is 0 Å². The molecule has 0 saturated heterocycles. The van der Waals surface area contributed by atoms with Crippen LogP contribution in [-0.4, -0.2) is 25.9 Å². The zero-order valence-electron chi connectivity index (χ0n) is 17.5. The Balaban J connectivity index is 0. The van der Waals surface area contributed by atoms with Gasteiger partial charge in [-0.3, -0.25) is 0 Å². The van der Waals surface area contributed by atoms with Gasteiger partial charge in [0.05, 0.1) is 0 Å². The van der Waals surface area contributed by atoms with E-state index in [0.717, 1.165) is 0 Å². The molecule has 0 aliphatic carbocycles. The third-order valence-electron chi connectivity index (χ3n) is 4.69. The number of hydrogen-bond acceptors (Lipinski definition) is 2. The normalized spacial score (nSPS) is 11.9. The molecule has 148 valence electrons. The van der Waals surface area contributed by atoms with Crippen molar-refractivity contribution in [2.75, 3.05) is 20.8 Å². The van der Waals surface area contributed by atoms with Crippen LogP contribution >= 0.6 is 0 Å². The van der Waals surface area contributed by atoms with Crippen LogP contribution in [0, 0.1) is 5.92 Å². The number of hydrogen-bond donors (Lipinski definition) is 1. The van der Waals surface area contributed by atoms with E-state index in [4.69, 9.17) is 0 Å². The number of unbranched alkanes of at least 4 members (excludes halogenated alkanes) is 12. The molecular formula is C22H48O2. The molecule has 0 aliphatic rings. The first-order chi connectivity index (χ1) is 11.8. The van der Waals surface area contributed by atoms with Crippen LogP contribution < -0.4 is 0 Å². The van der Waals surface area contributed by atoms with E-state index in [1.165, 1.54) is 103 Å². The van der Waals surface area contributed by atoms with Gasteiger partial charge in [-0.25, -0.2) is 0 Å². The van der Waals surface area contributed by atoms with Crippen molar-refractivity contribution in [1.29, 1.82) is 0 Å². The first-order valence-electron chi connectivity index (χ1n) is 10.8. The Hall–Kier alpha value is -0.0800. The average molecular weight is 345 g/mol. The van der Waals surface area contributed by atoms with Crippen molar-refractivity contribution < 1.29 is 9.84 Å². The molecule has 0 aromatic heterocycles. The van der Waals surface area contributed by atoms with Gasteiger partial charge in [0.25, 0.3) is 0 Å². The molecule has 1 N–H and O–H groups in total. The van der Waals surface area contributed by atoms with Crippen LogP contribution in [0.15, 0.2) is 0 Å². The van der Waals surface area contributed by atoms with Crippen molar-refractivity contribution in [1.82, 2.24) is 0 Å². The highest BCUT2D eigenvalue weighted by atomic mass is 16.4. The molecule has 0 aromatic rings. The third kappa shape index (κ3) is 24.2. The summed E-state index contributed by atoms with van der Waals surface area (Å²) < 4.78 is 4.25. The summed E-state index contributed by atoms with van der Waals surface area (Å²) in [7, 11) is 3.25. The van der Waals surface area contributed by atoms with E-state index < -0.39 is 0 Å². The largest absolute Gasteiger partial charge is 0.396 e. The first-order valence-corrected chi connectivity index (χ1v) is 10.8. The Bertz CT molecular complexity index is 194. The number of ether oxygens (including phenoxy) is 1. The Morgan fingerprint density at radius 2 is 0.875 bits per heavy atom. The van der Waals surface area contributed by atoms with Crippen LogP contribution in [-0.2, 0) is 4.74 Å². The van der Waals surface area contributed by atoms with Crippen molar-refractivity contribution in [2.24, 2.45) is 5.92 Å². The summed E-state index contributed by atoms with van der Waals surface area (Å²) in [6.07, 6.45) is 21.8. The highest BCUT2D eigenvalue weighted by molar-refractivity contribution is 4.59. The molecule has 1 unspecified atom stereocenters. The average Bonchev–Trinajstić information content (AvgIpc) is 2.59.